The first kappa shape index (κ1) is 14.4. The Bertz CT molecular complexity index is 793. The molecule has 0 aliphatic carbocycles. The van der Waals surface area contributed by atoms with Crippen molar-refractivity contribution in [1.82, 2.24) is 19.4 Å². The van der Waals surface area contributed by atoms with Gasteiger partial charge in [-0.25, -0.2) is 9.97 Å². The normalized spacial score (nSPS) is 18.7. The predicted octanol–water partition coefficient (Wildman–Crippen LogP) is 3.12. The Morgan fingerprint density at radius 3 is 2.78 bits per heavy atom. The lowest BCUT2D eigenvalue weighted by molar-refractivity contribution is 0.282. The van der Waals surface area contributed by atoms with E-state index in [1.165, 1.54) is 24.9 Å². The molecule has 0 saturated carbocycles. The van der Waals surface area contributed by atoms with Crippen LogP contribution in [0.4, 0.5) is 0 Å². The molecule has 1 fully saturated rings. The van der Waals surface area contributed by atoms with Gasteiger partial charge in [-0.3, -0.25) is 0 Å². The highest BCUT2D eigenvalue weighted by atomic mass is 15.2. The highest BCUT2D eigenvalue weighted by Crippen LogP contribution is 2.22. The number of aromatic nitrogens is 3. The van der Waals surface area contributed by atoms with Gasteiger partial charge in [-0.2, -0.15) is 0 Å². The van der Waals surface area contributed by atoms with E-state index in [1.54, 1.807) is 0 Å². The van der Waals surface area contributed by atoms with Gasteiger partial charge in [0.1, 0.15) is 11.3 Å². The summed E-state index contributed by atoms with van der Waals surface area (Å²) >= 11 is 0. The summed E-state index contributed by atoms with van der Waals surface area (Å²) in [6.07, 6.45) is 5.27. The van der Waals surface area contributed by atoms with E-state index in [2.05, 4.69) is 57.9 Å². The Morgan fingerprint density at radius 2 is 2.00 bits per heavy atom. The maximum Gasteiger partial charge on any atom is 0.160 e. The van der Waals surface area contributed by atoms with Crippen LogP contribution in [-0.2, 0) is 13.0 Å². The lowest BCUT2D eigenvalue weighted by Gasteiger charge is -2.21. The summed E-state index contributed by atoms with van der Waals surface area (Å²) < 4.78 is 2.33. The summed E-state index contributed by atoms with van der Waals surface area (Å²) in [5.74, 6) is 1.12. The summed E-state index contributed by atoms with van der Waals surface area (Å²) in [6, 6.07) is 15.2. The maximum atomic E-state index is 4.86. The summed E-state index contributed by atoms with van der Waals surface area (Å²) in [5, 5.41) is 0. The fraction of sp³-hybridized carbons (Fsp3) is 0.368. The molecule has 2 aromatic heterocycles. The average Bonchev–Trinajstić information content (AvgIpc) is 3.13. The summed E-state index contributed by atoms with van der Waals surface area (Å²) in [4.78, 5) is 11.9. The van der Waals surface area contributed by atoms with Crippen LogP contribution >= 0.6 is 0 Å². The smallest absolute Gasteiger partial charge is 0.160 e. The fourth-order valence-corrected chi connectivity index (χ4v) is 3.53. The molecule has 118 valence electrons. The number of rotatable bonds is 4. The van der Waals surface area contributed by atoms with E-state index in [4.69, 9.17) is 4.98 Å². The second-order valence-electron chi connectivity index (χ2n) is 6.42. The molecule has 0 N–H and O–H groups in total. The predicted molar refractivity (Wildman–Crippen MR) is 92.4 cm³/mol. The highest BCUT2D eigenvalue weighted by Gasteiger charge is 2.23. The quantitative estimate of drug-likeness (QED) is 0.742. The van der Waals surface area contributed by atoms with Crippen LogP contribution in [-0.4, -0.2) is 39.1 Å². The van der Waals surface area contributed by atoms with Gasteiger partial charge in [0, 0.05) is 25.2 Å². The van der Waals surface area contributed by atoms with Crippen molar-refractivity contribution in [1.29, 1.82) is 0 Å². The lowest BCUT2D eigenvalue weighted by atomic mass is 10.1. The summed E-state index contributed by atoms with van der Waals surface area (Å²) in [7, 11) is 2.22. The number of likely N-dealkylation sites (N-methyl/N-ethyl adjacent to an activating group) is 1. The molecule has 4 heteroatoms. The van der Waals surface area contributed by atoms with Gasteiger partial charge in [0.25, 0.3) is 0 Å². The molecule has 1 atom stereocenters. The minimum Gasteiger partial charge on any atom is -0.311 e. The Kier molecular flexibility index (Phi) is 3.83. The van der Waals surface area contributed by atoms with Crippen LogP contribution in [0.1, 0.15) is 24.2 Å². The SMILES string of the molecule is CN1CCCC1Cn1c(Cc2ccccc2)nc2cccnc21. The van der Waals surface area contributed by atoms with Crippen molar-refractivity contribution in [2.75, 3.05) is 13.6 Å². The van der Waals surface area contributed by atoms with Crippen LogP contribution in [0.25, 0.3) is 11.2 Å². The van der Waals surface area contributed by atoms with Crippen LogP contribution in [0.5, 0.6) is 0 Å². The van der Waals surface area contributed by atoms with E-state index in [-0.39, 0.29) is 0 Å². The molecule has 1 aliphatic heterocycles. The molecule has 0 radical (unpaired) electrons. The van der Waals surface area contributed by atoms with Crippen molar-refractivity contribution >= 4 is 11.2 Å². The van der Waals surface area contributed by atoms with Gasteiger partial charge in [0.15, 0.2) is 5.65 Å². The molecule has 0 spiro atoms. The monoisotopic (exact) mass is 306 g/mol. The molecule has 3 heterocycles. The third-order valence-electron chi connectivity index (χ3n) is 4.85. The number of likely N-dealkylation sites (tertiary alicyclic amines) is 1. The molecule has 3 aromatic rings. The third-order valence-corrected chi connectivity index (χ3v) is 4.85. The number of pyridine rings is 1. The first-order valence-corrected chi connectivity index (χ1v) is 8.35. The average molecular weight is 306 g/mol. The Labute approximate surface area is 136 Å². The van der Waals surface area contributed by atoms with Crippen LogP contribution < -0.4 is 0 Å². The van der Waals surface area contributed by atoms with Crippen molar-refractivity contribution in [3.8, 4) is 0 Å². The van der Waals surface area contributed by atoms with E-state index < -0.39 is 0 Å². The molecule has 0 bridgehead atoms. The third kappa shape index (κ3) is 2.86. The zero-order valence-electron chi connectivity index (χ0n) is 13.5. The number of hydrogen-bond acceptors (Lipinski definition) is 3. The van der Waals surface area contributed by atoms with Gasteiger partial charge in [-0.05, 0) is 44.1 Å². The molecule has 0 amide bonds. The second kappa shape index (κ2) is 6.13. The van der Waals surface area contributed by atoms with E-state index in [1.807, 2.05) is 12.3 Å². The van der Waals surface area contributed by atoms with Crippen molar-refractivity contribution in [2.45, 2.75) is 31.8 Å². The molecule has 1 saturated heterocycles. The van der Waals surface area contributed by atoms with Gasteiger partial charge >= 0.3 is 0 Å². The zero-order chi connectivity index (χ0) is 15.6. The minimum absolute atomic E-state index is 0.587. The minimum atomic E-state index is 0.587. The topological polar surface area (TPSA) is 34.0 Å². The second-order valence-corrected chi connectivity index (χ2v) is 6.42. The van der Waals surface area contributed by atoms with Gasteiger partial charge in [-0.1, -0.05) is 30.3 Å². The molecule has 1 unspecified atom stereocenters. The Hall–Kier alpha value is -2.20. The molecule has 1 aliphatic rings. The van der Waals surface area contributed by atoms with Crippen LogP contribution in [0, 0.1) is 0 Å². The van der Waals surface area contributed by atoms with E-state index in [0.29, 0.717) is 6.04 Å². The standard InChI is InChI=1S/C19H22N4/c1-22-12-6-9-16(22)14-23-18(13-15-7-3-2-4-8-15)21-17-10-5-11-20-19(17)23/h2-5,7-8,10-11,16H,6,9,12-14H2,1H3. The van der Waals surface area contributed by atoms with Gasteiger partial charge in [0.2, 0.25) is 0 Å². The van der Waals surface area contributed by atoms with E-state index >= 15 is 0 Å². The lowest BCUT2D eigenvalue weighted by Crippen LogP contribution is -2.30. The molecule has 4 rings (SSSR count). The van der Waals surface area contributed by atoms with Gasteiger partial charge in [0.05, 0.1) is 0 Å². The van der Waals surface area contributed by atoms with Crippen molar-refractivity contribution in [3.05, 3.63) is 60.0 Å². The molecular formula is C19H22N4. The van der Waals surface area contributed by atoms with Crippen LogP contribution in [0.15, 0.2) is 48.7 Å². The Balaban J connectivity index is 1.72. The number of imidazole rings is 1. The van der Waals surface area contributed by atoms with Crippen LogP contribution in [0.3, 0.4) is 0 Å². The molecular weight excluding hydrogens is 284 g/mol. The van der Waals surface area contributed by atoms with Crippen LogP contribution in [0.2, 0.25) is 0 Å². The van der Waals surface area contributed by atoms with E-state index in [9.17, 15) is 0 Å². The Morgan fingerprint density at radius 1 is 1.13 bits per heavy atom. The maximum absolute atomic E-state index is 4.86. The van der Waals surface area contributed by atoms with Gasteiger partial charge in [-0.15, -0.1) is 0 Å². The number of fused-ring (bicyclic) bond motifs is 1. The summed E-state index contributed by atoms with van der Waals surface area (Å²) in [6.45, 7) is 2.17. The fourth-order valence-electron chi connectivity index (χ4n) is 3.53. The molecule has 1 aromatic carbocycles. The number of benzene rings is 1. The van der Waals surface area contributed by atoms with E-state index in [0.717, 1.165) is 30.0 Å². The molecule has 4 nitrogen and oxygen atoms in total. The van der Waals surface area contributed by atoms with Crippen molar-refractivity contribution in [2.24, 2.45) is 0 Å². The molecule has 23 heavy (non-hydrogen) atoms. The van der Waals surface area contributed by atoms with Gasteiger partial charge < -0.3 is 9.47 Å². The number of hydrogen-bond donors (Lipinski definition) is 0. The van der Waals surface area contributed by atoms with Crippen molar-refractivity contribution < 1.29 is 0 Å². The largest absolute Gasteiger partial charge is 0.311 e. The first-order valence-electron chi connectivity index (χ1n) is 8.35. The summed E-state index contributed by atoms with van der Waals surface area (Å²) in [5.41, 5.74) is 3.31. The zero-order valence-corrected chi connectivity index (χ0v) is 13.5. The first-order chi connectivity index (χ1) is 11.3. The van der Waals surface area contributed by atoms with Crippen molar-refractivity contribution in [3.63, 3.8) is 0 Å². The highest BCUT2D eigenvalue weighted by molar-refractivity contribution is 5.71. The number of nitrogens with zero attached hydrogens (tertiary/aromatic N) is 4.